The van der Waals surface area contributed by atoms with Crippen molar-refractivity contribution in [1.29, 1.82) is 0 Å². The highest BCUT2D eigenvalue weighted by molar-refractivity contribution is 6.01. The molecule has 4 nitrogen and oxygen atoms in total. The first-order chi connectivity index (χ1) is 7.41. The van der Waals surface area contributed by atoms with Gasteiger partial charge in [-0.3, -0.25) is 0 Å². The van der Waals surface area contributed by atoms with Crippen LogP contribution in [0.3, 0.4) is 0 Å². The summed E-state index contributed by atoms with van der Waals surface area (Å²) in [6.45, 7) is 3.87. The van der Waals surface area contributed by atoms with Gasteiger partial charge in [0.2, 0.25) is 0 Å². The smallest absolute Gasteiger partial charge is 0.336 e. The molecule has 0 bridgehead atoms. The summed E-state index contributed by atoms with van der Waals surface area (Å²) in [7, 11) is 0. The molecule has 0 heterocycles. The van der Waals surface area contributed by atoms with Gasteiger partial charge in [-0.1, -0.05) is 19.9 Å². The Hall–Kier alpha value is -1.84. The Bertz CT molecular complexity index is 421. The zero-order valence-electron chi connectivity index (χ0n) is 9.15. The second kappa shape index (κ2) is 4.79. The van der Waals surface area contributed by atoms with E-state index in [0.29, 0.717) is 6.42 Å². The van der Waals surface area contributed by atoms with Gasteiger partial charge < -0.3 is 10.2 Å². The standard InChI is InChI=1S/C12H13O4/c1-7(2)5-8-3-4-9(11(13)14)10(6-8)12(15)16/h3-4,6H,5H2,1-2H3,(H,13,14)(H,15,16). The van der Waals surface area contributed by atoms with Crippen LogP contribution in [0.4, 0.5) is 0 Å². The van der Waals surface area contributed by atoms with E-state index in [1.54, 1.807) is 6.07 Å². The predicted octanol–water partition coefficient (Wildman–Crippen LogP) is 2.24. The van der Waals surface area contributed by atoms with Gasteiger partial charge in [0, 0.05) is 0 Å². The van der Waals surface area contributed by atoms with Gasteiger partial charge in [-0.25, -0.2) is 9.59 Å². The van der Waals surface area contributed by atoms with Crippen LogP contribution in [0.2, 0.25) is 0 Å². The highest BCUT2D eigenvalue weighted by Gasteiger charge is 2.16. The predicted molar refractivity (Wildman–Crippen MR) is 58.7 cm³/mol. The number of aromatic carboxylic acids is 2. The zero-order valence-corrected chi connectivity index (χ0v) is 9.15. The largest absolute Gasteiger partial charge is 0.478 e. The van der Waals surface area contributed by atoms with Crippen molar-refractivity contribution >= 4 is 11.9 Å². The molecule has 1 aromatic carbocycles. The molecule has 0 aliphatic rings. The molecule has 1 radical (unpaired) electrons. The number of hydrogen-bond acceptors (Lipinski definition) is 2. The molecule has 1 rings (SSSR count). The third kappa shape index (κ3) is 2.82. The molecule has 1 aromatic rings. The van der Waals surface area contributed by atoms with E-state index in [4.69, 9.17) is 10.2 Å². The van der Waals surface area contributed by atoms with Crippen molar-refractivity contribution in [3.8, 4) is 0 Å². The Labute approximate surface area is 93.5 Å². The first-order valence-electron chi connectivity index (χ1n) is 4.80. The van der Waals surface area contributed by atoms with Crippen molar-refractivity contribution in [2.45, 2.75) is 20.3 Å². The molecule has 85 valence electrons. The number of carbonyl (C=O) groups is 2. The summed E-state index contributed by atoms with van der Waals surface area (Å²) in [5.41, 5.74) is 0.471. The minimum absolute atomic E-state index is 0.161. The normalized spacial score (nSPS) is 10.4. The fourth-order valence-corrected chi connectivity index (χ4v) is 1.47. The molecular formula is C12H13O4. The fraction of sp³-hybridized carbons (Fsp3) is 0.250. The van der Waals surface area contributed by atoms with Crippen molar-refractivity contribution in [3.05, 3.63) is 40.8 Å². The van der Waals surface area contributed by atoms with Crippen molar-refractivity contribution in [3.63, 3.8) is 0 Å². The molecule has 0 saturated carbocycles. The number of carboxylic acid groups (broad SMARTS) is 2. The molecule has 0 spiro atoms. The second-order valence-corrected chi connectivity index (χ2v) is 3.87. The fourth-order valence-electron chi connectivity index (χ4n) is 1.47. The maximum absolute atomic E-state index is 10.9. The van der Waals surface area contributed by atoms with E-state index in [2.05, 4.69) is 0 Å². The van der Waals surface area contributed by atoms with Crippen molar-refractivity contribution in [2.75, 3.05) is 0 Å². The summed E-state index contributed by atoms with van der Waals surface area (Å²) < 4.78 is 0. The molecule has 0 aliphatic carbocycles. The van der Waals surface area contributed by atoms with E-state index in [0.717, 1.165) is 11.5 Å². The lowest BCUT2D eigenvalue weighted by Gasteiger charge is -2.07. The molecule has 2 N–H and O–H groups in total. The number of rotatable bonds is 4. The second-order valence-electron chi connectivity index (χ2n) is 3.87. The van der Waals surface area contributed by atoms with E-state index < -0.39 is 11.9 Å². The summed E-state index contributed by atoms with van der Waals surface area (Å²) >= 11 is 0. The third-order valence-electron chi connectivity index (χ3n) is 2.10. The maximum atomic E-state index is 10.9. The monoisotopic (exact) mass is 221 g/mol. The van der Waals surface area contributed by atoms with E-state index in [-0.39, 0.29) is 11.1 Å². The van der Waals surface area contributed by atoms with Crippen LogP contribution in [0.15, 0.2) is 18.2 Å². The summed E-state index contributed by atoms with van der Waals surface area (Å²) in [6, 6.07) is 4.39. The average Bonchev–Trinajstić information content (AvgIpc) is 2.16. The quantitative estimate of drug-likeness (QED) is 0.817. The molecular weight excluding hydrogens is 208 g/mol. The number of hydrogen-bond donors (Lipinski definition) is 2. The number of carboxylic acids is 2. The molecule has 4 heteroatoms. The van der Waals surface area contributed by atoms with Gasteiger partial charge >= 0.3 is 11.9 Å². The van der Waals surface area contributed by atoms with Crippen LogP contribution in [0.25, 0.3) is 0 Å². The van der Waals surface area contributed by atoms with Crippen LogP contribution < -0.4 is 0 Å². The zero-order chi connectivity index (χ0) is 12.3. The van der Waals surface area contributed by atoms with E-state index >= 15 is 0 Å². The third-order valence-corrected chi connectivity index (χ3v) is 2.10. The van der Waals surface area contributed by atoms with E-state index in [1.807, 2.05) is 13.8 Å². The Morgan fingerprint density at radius 2 is 1.62 bits per heavy atom. The molecule has 0 unspecified atom stereocenters. The summed E-state index contributed by atoms with van der Waals surface area (Å²) in [6.07, 6.45) is 0.653. The molecule has 0 aromatic heterocycles. The van der Waals surface area contributed by atoms with Gasteiger partial charge in [0.15, 0.2) is 0 Å². The number of benzene rings is 1. The van der Waals surface area contributed by atoms with Crippen molar-refractivity contribution in [2.24, 2.45) is 0 Å². The highest BCUT2D eigenvalue weighted by Crippen LogP contribution is 2.16. The van der Waals surface area contributed by atoms with Gasteiger partial charge in [0.25, 0.3) is 0 Å². The average molecular weight is 221 g/mol. The first-order valence-corrected chi connectivity index (χ1v) is 4.80. The van der Waals surface area contributed by atoms with Gasteiger partial charge in [-0.15, -0.1) is 0 Å². The molecule has 0 aliphatic heterocycles. The van der Waals surface area contributed by atoms with Crippen LogP contribution in [0, 0.1) is 5.92 Å². The minimum Gasteiger partial charge on any atom is -0.478 e. The molecule has 0 fully saturated rings. The topological polar surface area (TPSA) is 74.6 Å². The summed E-state index contributed by atoms with van der Waals surface area (Å²) in [5, 5.41) is 17.7. The SMILES string of the molecule is C[C](C)Cc1ccc(C(=O)O)c(C(=O)O)c1. The van der Waals surface area contributed by atoms with Gasteiger partial charge in [0.05, 0.1) is 11.1 Å². The van der Waals surface area contributed by atoms with E-state index in [9.17, 15) is 9.59 Å². The lowest BCUT2D eigenvalue weighted by Crippen LogP contribution is -2.09. The molecule has 0 amide bonds. The van der Waals surface area contributed by atoms with Crippen LogP contribution in [-0.2, 0) is 6.42 Å². The molecule has 0 atom stereocenters. The van der Waals surface area contributed by atoms with Gasteiger partial charge in [-0.05, 0) is 30.0 Å². The maximum Gasteiger partial charge on any atom is 0.336 e. The summed E-state index contributed by atoms with van der Waals surface area (Å²) in [4.78, 5) is 21.7. The van der Waals surface area contributed by atoms with Gasteiger partial charge in [0.1, 0.15) is 0 Å². The highest BCUT2D eigenvalue weighted by atomic mass is 16.4. The Morgan fingerprint density at radius 3 is 2.06 bits per heavy atom. The first kappa shape index (κ1) is 12.2. The molecule has 0 saturated heterocycles. The Balaban J connectivity index is 3.17. The van der Waals surface area contributed by atoms with Gasteiger partial charge in [-0.2, -0.15) is 0 Å². The van der Waals surface area contributed by atoms with E-state index in [1.165, 1.54) is 12.1 Å². The lowest BCUT2D eigenvalue weighted by atomic mass is 9.98. The van der Waals surface area contributed by atoms with Crippen LogP contribution in [0.5, 0.6) is 0 Å². The van der Waals surface area contributed by atoms with Crippen molar-refractivity contribution in [1.82, 2.24) is 0 Å². The lowest BCUT2D eigenvalue weighted by molar-refractivity contribution is 0.0651. The van der Waals surface area contributed by atoms with Crippen LogP contribution in [0.1, 0.15) is 40.1 Å². The van der Waals surface area contributed by atoms with Crippen LogP contribution >= 0.6 is 0 Å². The van der Waals surface area contributed by atoms with Crippen LogP contribution in [-0.4, -0.2) is 22.2 Å². The minimum atomic E-state index is -1.22. The Kier molecular flexibility index (Phi) is 3.66. The summed E-state index contributed by atoms with van der Waals surface area (Å²) in [5.74, 6) is -1.30. The molecule has 16 heavy (non-hydrogen) atoms. The Morgan fingerprint density at radius 1 is 1.06 bits per heavy atom. The van der Waals surface area contributed by atoms with Crippen molar-refractivity contribution < 1.29 is 19.8 Å².